The summed E-state index contributed by atoms with van der Waals surface area (Å²) in [4.78, 5) is 6.38. The molecule has 0 spiro atoms. The van der Waals surface area contributed by atoms with E-state index >= 15 is 0 Å². The molecule has 1 fully saturated rings. The lowest BCUT2D eigenvalue weighted by Gasteiger charge is -2.26. The SMILES string of the molecule is Fc1ccc(N2C(=S)NC(c3ccccn3)C2c2ccco2)cc1. The number of hydrogen-bond donors (Lipinski definition) is 1. The Hall–Kier alpha value is -2.73. The molecule has 1 N–H and O–H groups in total. The molecule has 120 valence electrons. The molecular formula is C18H14FN3OS. The quantitative estimate of drug-likeness (QED) is 0.731. The summed E-state index contributed by atoms with van der Waals surface area (Å²) in [6.07, 6.45) is 3.38. The van der Waals surface area contributed by atoms with E-state index in [0.717, 1.165) is 17.1 Å². The van der Waals surface area contributed by atoms with Gasteiger partial charge in [0.15, 0.2) is 5.11 Å². The Bertz CT molecular complexity index is 836. The molecule has 24 heavy (non-hydrogen) atoms. The third-order valence-corrected chi connectivity index (χ3v) is 4.35. The van der Waals surface area contributed by atoms with Crippen LogP contribution in [0.25, 0.3) is 0 Å². The highest BCUT2D eigenvalue weighted by Crippen LogP contribution is 2.41. The predicted octanol–water partition coefficient (Wildman–Crippen LogP) is 3.99. The minimum atomic E-state index is -0.285. The molecule has 0 bridgehead atoms. The number of benzene rings is 1. The van der Waals surface area contributed by atoms with Crippen molar-refractivity contribution in [3.8, 4) is 0 Å². The molecule has 6 heteroatoms. The van der Waals surface area contributed by atoms with Gasteiger partial charge in [0.25, 0.3) is 0 Å². The van der Waals surface area contributed by atoms with Crippen LogP contribution in [0.15, 0.2) is 71.5 Å². The Morgan fingerprint density at radius 1 is 1.08 bits per heavy atom. The molecule has 2 atom stereocenters. The normalized spacial score (nSPS) is 20.2. The first-order valence-electron chi connectivity index (χ1n) is 7.53. The van der Waals surface area contributed by atoms with E-state index in [2.05, 4.69) is 10.3 Å². The lowest BCUT2D eigenvalue weighted by atomic mass is 10.0. The summed E-state index contributed by atoms with van der Waals surface area (Å²) < 4.78 is 18.9. The number of thiocarbonyl (C=S) groups is 1. The molecule has 0 aliphatic carbocycles. The largest absolute Gasteiger partial charge is 0.467 e. The smallest absolute Gasteiger partial charge is 0.174 e. The van der Waals surface area contributed by atoms with Gasteiger partial charge in [-0.1, -0.05) is 6.07 Å². The summed E-state index contributed by atoms with van der Waals surface area (Å²) in [6.45, 7) is 0. The summed E-state index contributed by atoms with van der Waals surface area (Å²) in [6, 6.07) is 15.4. The van der Waals surface area contributed by atoms with Crippen molar-refractivity contribution in [1.82, 2.24) is 10.3 Å². The van der Waals surface area contributed by atoms with Crippen LogP contribution in [0, 0.1) is 5.82 Å². The van der Waals surface area contributed by atoms with Gasteiger partial charge in [-0.25, -0.2) is 4.39 Å². The van der Waals surface area contributed by atoms with E-state index in [-0.39, 0.29) is 17.9 Å². The number of aromatic nitrogens is 1. The average molecular weight is 339 g/mol. The van der Waals surface area contributed by atoms with Crippen LogP contribution >= 0.6 is 12.2 Å². The van der Waals surface area contributed by atoms with Crippen LogP contribution in [0.4, 0.5) is 10.1 Å². The molecule has 0 radical (unpaired) electrons. The van der Waals surface area contributed by atoms with Gasteiger partial charge in [-0.2, -0.15) is 0 Å². The molecule has 1 aromatic carbocycles. The molecule has 3 heterocycles. The van der Waals surface area contributed by atoms with Crippen LogP contribution in [0.2, 0.25) is 0 Å². The van der Waals surface area contributed by atoms with Crippen LogP contribution < -0.4 is 10.2 Å². The number of nitrogens with one attached hydrogen (secondary N) is 1. The van der Waals surface area contributed by atoms with E-state index in [4.69, 9.17) is 16.6 Å². The van der Waals surface area contributed by atoms with Crippen LogP contribution in [-0.4, -0.2) is 10.1 Å². The van der Waals surface area contributed by atoms with Gasteiger partial charge in [-0.05, 0) is 60.7 Å². The predicted molar refractivity (Wildman–Crippen MR) is 93.0 cm³/mol. The number of furan rings is 1. The summed E-state index contributed by atoms with van der Waals surface area (Å²) in [5, 5.41) is 3.87. The summed E-state index contributed by atoms with van der Waals surface area (Å²) in [7, 11) is 0. The molecule has 1 aliphatic rings. The third kappa shape index (κ3) is 2.55. The summed E-state index contributed by atoms with van der Waals surface area (Å²) in [5.41, 5.74) is 1.67. The van der Waals surface area contributed by atoms with Crippen molar-refractivity contribution < 1.29 is 8.81 Å². The van der Waals surface area contributed by atoms with Crippen LogP contribution in [-0.2, 0) is 0 Å². The maximum Gasteiger partial charge on any atom is 0.174 e. The van der Waals surface area contributed by atoms with Crippen molar-refractivity contribution in [3.05, 3.63) is 84.3 Å². The number of halogens is 1. The molecule has 4 nitrogen and oxygen atoms in total. The topological polar surface area (TPSA) is 41.3 Å². The van der Waals surface area contributed by atoms with Crippen molar-refractivity contribution >= 4 is 23.0 Å². The minimum absolute atomic E-state index is 0.157. The zero-order chi connectivity index (χ0) is 16.5. The van der Waals surface area contributed by atoms with Gasteiger partial charge in [-0.15, -0.1) is 0 Å². The number of rotatable bonds is 3. The minimum Gasteiger partial charge on any atom is -0.467 e. The fourth-order valence-electron chi connectivity index (χ4n) is 2.98. The summed E-state index contributed by atoms with van der Waals surface area (Å²) in [5.74, 6) is 0.481. The number of anilines is 1. The van der Waals surface area contributed by atoms with Crippen molar-refractivity contribution in [1.29, 1.82) is 0 Å². The fraction of sp³-hybridized carbons (Fsp3) is 0.111. The summed E-state index contributed by atoms with van der Waals surface area (Å²) >= 11 is 5.54. The average Bonchev–Trinajstić information content (AvgIpc) is 3.24. The van der Waals surface area contributed by atoms with E-state index in [1.165, 1.54) is 12.1 Å². The lowest BCUT2D eigenvalue weighted by molar-refractivity contribution is 0.432. The third-order valence-electron chi connectivity index (χ3n) is 4.04. The highest BCUT2D eigenvalue weighted by molar-refractivity contribution is 7.80. The Kier molecular flexibility index (Phi) is 3.74. The lowest BCUT2D eigenvalue weighted by Crippen LogP contribution is -2.29. The van der Waals surface area contributed by atoms with Gasteiger partial charge >= 0.3 is 0 Å². The molecule has 3 aromatic rings. The van der Waals surface area contributed by atoms with Crippen molar-refractivity contribution in [2.45, 2.75) is 12.1 Å². The van der Waals surface area contributed by atoms with Gasteiger partial charge < -0.3 is 14.6 Å². The molecule has 0 amide bonds. The second-order valence-electron chi connectivity index (χ2n) is 5.49. The van der Waals surface area contributed by atoms with Gasteiger partial charge in [0.05, 0.1) is 18.0 Å². The number of nitrogens with zero attached hydrogens (tertiary/aromatic N) is 2. The first-order valence-corrected chi connectivity index (χ1v) is 7.94. The van der Waals surface area contributed by atoms with Crippen LogP contribution in [0.3, 0.4) is 0 Å². The van der Waals surface area contributed by atoms with E-state index in [1.807, 2.05) is 35.2 Å². The molecular weight excluding hydrogens is 325 g/mol. The van der Waals surface area contributed by atoms with E-state index in [0.29, 0.717) is 5.11 Å². The second kappa shape index (κ2) is 6.05. The Morgan fingerprint density at radius 2 is 1.92 bits per heavy atom. The van der Waals surface area contributed by atoms with Crippen molar-refractivity contribution in [2.24, 2.45) is 0 Å². The maximum atomic E-state index is 13.3. The Labute approximate surface area is 143 Å². The highest BCUT2D eigenvalue weighted by Gasteiger charge is 2.42. The molecule has 0 saturated carbocycles. The Balaban J connectivity index is 1.80. The molecule has 1 saturated heterocycles. The van der Waals surface area contributed by atoms with E-state index in [1.54, 1.807) is 24.6 Å². The maximum absolute atomic E-state index is 13.3. The van der Waals surface area contributed by atoms with Gasteiger partial charge in [0, 0.05) is 11.9 Å². The number of pyridine rings is 1. The van der Waals surface area contributed by atoms with Crippen LogP contribution in [0.1, 0.15) is 23.5 Å². The first-order chi connectivity index (χ1) is 11.7. The standard InChI is InChI=1S/C18H14FN3OS/c19-12-6-8-13(9-7-12)22-17(15-5-3-11-23-15)16(21-18(22)24)14-4-1-2-10-20-14/h1-11,16-17H,(H,21,24). The fourth-order valence-corrected chi connectivity index (χ4v) is 3.33. The van der Waals surface area contributed by atoms with E-state index in [9.17, 15) is 4.39 Å². The van der Waals surface area contributed by atoms with Crippen molar-refractivity contribution in [2.75, 3.05) is 4.90 Å². The van der Waals surface area contributed by atoms with Gasteiger partial charge in [-0.3, -0.25) is 4.98 Å². The zero-order valence-electron chi connectivity index (χ0n) is 12.6. The molecule has 1 aliphatic heterocycles. The highest BCUT2D eigenvalue weighted by atomic mass is 32.1. The molecule has 4 rings (SSSR count). The number of hydrogen-bond acceptors (Lipinski definition) is 3. The van der Waals surface area contributed by atoms with Gasteiger partial charge in [0.2, 0.25) is 0 Å². The molecule has 2 unspecified atom stereocenters. The van der Waals surface area contributed by atoms with Crippen LogP contribution in [0.5, 0.6) is 0 Å². The first kappa shape index (κ1) is 14.8. The molecule has 2 aromatic heterocycles. The Morgan fingerprint density at radius 3 is 2.58 bits per heavy atom. The second-order valence-corrected chi connectivity index (χ2v) is 5.88. The monoisotopic (exact) mass is 339 g/mol. The van der Waals surface area contributed by atoms with Gasteiger partial charge in [0.1, 0.15) is 17.6 Å². The van der Waals surface area contributed by atoms with Crippen molar-refractivity contribution in [3.63, 3.8) is 0 Å². The zero-order valence-corrected chi connectivity index (χ0v) is 13.4. The van der Waals surface area contributed by atoms with E-state index < -0.39 is 0 Å².